The van der Waals surface area contributed by atoms with Gasteiger partial charge in [0, 0.05) is 34.7 Å². The van der Waals surface area contributed by atoms with E-state index < -0.39 is 0 Å². The third kappa shape index (κ3) is 5.49. The van der Waals surface area contributed by atoms with Gasteiger partial charge in [0.15, 0.2) is 0 Å². The minimum Gasteiger partial charge on any atom is -0.490 e. The minimum atomic E-state index is -0.154. The molecule has 0 aliphatic rings. The minimum absolute atomic E-state index is 0. The molecule has 3 N–H and O–H groups in total. The molecule has 0 aliphatic heterocycles. The van der Waals surface area contributed by atoms with Crippen molar-refractivity contribution in [2.45, 2.75) is 26.3 Å². The number of hydrogen-bond donors (Lipinski definition) is 3. The molecule has 5 nitrogen and oxygen atoms in total. The SMILES string of the molecule is CC(C)(C)NCCOc1ccccc1NC(=O)c1cccc2[nH]ccc12.Cl. The molecular weight excluding hydrogens is 362 g/mol. The Balaban J connectivity index is 0.00000261. The van der Waals surface area contributed by atoms with E-state index in [1.54, 1.807) is 0 Å². The largest absolute Gasteiger partial charge is 0.490 e. The van der Waals surface area contributed by atoms with Crippen LogP contribution in [0.1, 0.15) is 31.1 Å². The first-order valence-corrected chi connectivity index (χ1v) is 8.78. The van der Waals surface area contributed by atoms with E-state index in [2.05, 4.69) is 36.4 Å². The van der Waals surface area contributed by atoms with Crippen LogP contribution in [0.15, 0.2) is 54.7 Å². The van der Waals surface area contributed by atoms with E-state index in [4.69, 9.17) is 4.74 Å². The van der Waals surface area contributed by atoms with Gasteiger partial charge in [0.25, 0.3) is 5.91 Å². The molecule has 0 saturated heterocycles. The second-order valence-electron chi connectivity index (χ2n) is 7.22. The lowest BCUT2D eigenvalue weighted by atomic mass is 10.1. The molecular formula is C21H26ClN3O2. The molecule has 144 valence electrons. The second kappa shape index (κ2) is 8.93. The van der Waals surface area contributed by atoms with Crippen molar-refractivity contribution in [3.8, 4) is 5.75 Å². The van der Waals surface area contributed by atoms with Gasteiger partial charge in [-0.15, -0.1) is 12.4 Å². The summed E-state index contributed by atoms with van der Waals surface area (Å²) in [5.74, 6) is 0.511. The maximum absolute atomic E-state index is 12.7. The van der Waals surface area contributed by atoms with Gasteiger partial charge in [-0.2, -0.15) is 0 Å². The molecule has 0 saturated carbocycles. The maximum Gasteiger partial charge on any atom is 0.256 e. The number of carbonyl (C=O) groups is 1. The lowest BCUT2D eigenvalue weighted by molar-refractivity contribution is 0.102. The molecule has 2 aromatic carbocycles. The Labute approximate surface area is 165 Å². The van der Waals surface area contributed by atoms with Gasteiger partial charge >= 0.3 is 0 Å². The number of halogens is 1. The summed E-state index contributed by atoms with van der Waals surface area (Å²) in [4.78, 5) is 15.9. The molecule has 27 heavy (non-hydrogen) atoms. The fourth-order valence-electron chi connectivity index (χ4n) is 2.76. The average molecular weight is 388 g/mol. The smallest absolute Gasteiger partial charge is 0.256 e. The Morgan fingerprint density at radius 3 is 2.63 bits per heavy atom. The number of hydrogen-bond acceptors (Lipinski definition) is 3. The van der Waals surface area contributed by atoms with Crippen LogP contribution in [0.25, 0.3) is 10.9 Å². The number of nitrogens with one attached hydrogen (secondary N) is 3. The number of amides is 1. The maximum atomic E-state index is 12.7. The van der Waals surface area contributed by atoms with Crippen LogP contribution in [0.3, 0.4) is 0 Å². The summed E-state index contributed by atoms with van der Waals surface area (Å²) < 4.78 is 5.86. The number of carbonyl (C=O) groups excluding carboxylic acids is 1. The number of aromatic nitrogens is 1. The molecule has 0 fully saturated rings. The van der Waals surface area contributed by atoms with Crippen LogP contribution in [-0.2, 0) is 0 Å². The van der Waals surface area contributed by atoms with Crippen molar-refractivity contribution >= 4 is 34.9 Å². The number of rotatable bonds is 6. The first-order valence-electron chi connectivity index (χ1n) is 8.78. The quantitative estimate of drug-likeness (QED) is 0.541. The lowest BCUT2D eigenvalue weighted by Gasteiger charge is -2.21. The molecule has 1 aromatic heterocycles. The summed E-state index contributed by atoms with van der Waals surface area (Å²) in [5, 5.41) is 7.25. The Kier molecular flexibility index (Phi) is 6.88. The highest BCUT2D eigenvalue weighted by Gasteiger charge is 2.13. The third-order valence-corrected chi connectivity index (χ3v) is 3.99. The van der Waals surface area contributed by atoms with Crippen LogP contribution < -0.4 is 15.4 Å². The molecule has 0 spiro atoms. The lowest BCUT2D eigenvalue weighted by Crippen LogP contribution is -2.38. The van der Waals surface area contributed by atoms with Crippen LogP contribution in [0.4, 0.5) is 5.69 Å². The highest BCUT2D eigenvalue weighted by atomic mass is 35.5. The predicted molar refractivity (Wildman–Crippen MR) is 113 cm³/mol. The number of fused-ring (bicyclic) bond motifs is 1. The summed E-state index contributed by atoms with van der Waals surface area (Å²) in [6, 6.07) is 15.0. The fraction of sp³-hybridized carbons (Fsp3) is 0.286. The normalized spacial score (nSPS) is 11.1. The topological polar surface area (TPSA) is 66.2 Å². The highest BCUT2D eigenvalue weighted by molar-refractivity contribution is 6.12. The van der Waals surface area contributed by atoms with Gasteiger partial charge in [0.05, 0.1) is 5.69 Å². The zero-order chi connectivity index (χ0) is 18.6. The molecule has 0 atom stereocenters. The van der Waals surface area contributed by atoms with Gasteiger partial charge in [-0.3, -0.25) is 4.79 Å². The van der Waals surface area contributed by atoms with Crippen LogP contribution in [0.5, 0.6) is 5.75 Å². The van der Waals surface area contributed by atoms with E-state index in [0.29, 0.717) is 23.6 Å². The molecule has 3 aromatic rings. The number of benzene rings is 2. The van der Waals surface area contributed by atoms with Crippen LogP contribution in [0.2, 0.25) is 0 Å². The average Bonchev–Trinajstić information content (AvgIpc) is 3.07. The van der Waals surface area contributed by atoms with Gasteiger partial charge < -0.3 is 20.4 Å². The van der Waals surface area contributed by atoms with Crippen molar-refractivity contribution in [3.63, 3.8) is 0 Å². The zero-order valence-electron chi connectivity index (χ0n) is 15.8. The third-order valence-electron chi connectivity index (χ3n) is 3.99. The van der Waals surface area contributed by atoms with Crippen molar-refractivity contribution in [1.82, 2.24) is 10.3 Å². The molecule has 6 heteroatoms. The van der Waals surface area contributed by atoms with Crippen LogP contribution in [0, 0.1) is 0 Å². The molecule has 0 radical (unpaired) electrons. The van der Waals surface area contributed by atoms with Crippen molar-refractivity contribution in [1.29, 1.82) is 0 Å². The predicted octanol–water partition coefficient (Wildman–Crippen LogP) is 4.61. The van der Waals surface area contributed by atoms with E-state index in [9.17, 15) is 4.79 Å². The molecule has 0 aliphatic carbocycles. The number of aromatic amines is 1. The molecule has 3 rings (SSSR count). The molecule has 0 unspecified atom stereocenters. The molecule has 1 amide bonds. The number of H-pyrrole nitrogens is 1. The first kappa shape index (κ1) is 20.8. The Bertz CT molecular complexity index is 900. The van der Waals surface area contributed by atoms with E-state index in [1.165, 1.54) is 0 Å². The van der Waals surface area contributed by atoms with E-state index >= 15 is 0 Å². The summed E-state index contributed by atoms with van der Waals surface area (Å²) >= 11 is 0. The summed E-state index contributed by atoms with van der Waals surface area (Å²) in [6.07, 6.45) is 1.83. The van der Waals surface area contributed by atoms with Gasteiger partial charge in [0.1, 0.15) is 12.4 Å². The first-order chi connectivity index (χ1) is 12.4. The van der Waals surface area contributed by atoms with Gasteiger partial charge in [-0.05, 0) is 51.1 Å². The fourth-order valence-corrected chi connectivity index (χ4v) is 2.76. The molecule has 1 heterocycles. The second-order valence-corrected chi connectivity index (χ2v) is 7.22. The monoisotopic (exact) mass is 387 g/mol. The van der Waals surface area contributed by atoms with Crippen LogP contribution in [-0.4, -0.2) is 29.6 Å². The van der Waals surface area contributed by atoms with E-state index in [1.807, 2.05) is 54.7 Å². The van der Waals surface area contributed by atoms with Crippen molar-refractivity contribution in [2.24, 2.45) is 0 Å². The van der Waals surface area contributed by atoms with Crippen molar-refractivity contribution in [3.05, 3.63) is 60.3 Å². The highest BCUT2D eigenvalue weighted by Crippen LogP contribution is 2.25. The van der Waals surface area contributed by atoms with Gasteiger partial charge in [-0.1, -0.05) is 18.2 Å². The molecule has 0 bridgehead atoms. The zero-order valence-corrected chi connectivity index (χ0v) is 16.7. The Hall–Kier alpha value is -2.50. The van der Waals surface area contributed by atoms with E-state index in [-0.39, 0.29) is 23.9 Å². The van der Waals surface area contributed by atoms with E-state index in [0.717, 1.165) is 17.4 Å². The number of anilines is 1. The summed E-state index contributed by atoms with van der Waals surface area (Å²) in [6.45, 7) is 7.60. The van der Waals surface area contributed by atoms with Crippen LogP contribution >= 0.6 is 12.4 Å². The standard InChI is InChI=1S/C21H25N3O2.ClH/c1-21(2,3)23-13-14-26-19-10-5-4-8-18(19)24-20(25)16-7-6-9-17-15(16)11-12-22-17;/h4-12,22-23H,13-14H2,1-3H3,(H,24,25);1H. The Morgan fingerprint density at radius 2 is 1.85 bits per heavy atom. The number of para-hydroxylation sites is 2. The van der Waals surface area contributed by atoms with Crippen molar-refractivity contribution in [2.75, 3.05) is 18.5 Å². The van der Waals surface area contributed by atoms with Crippen molar-refractivity contribution < 1.29 is 9.53 Å². The van der Waals surface area contributed by atoms with Gasteiger partial charge in [-0.25, -0.2) is 0 Å². The summed E-state index contributed by atoms with van der Waals surface area (Å²) in [7, 11) is 0. The van der Waals surface area contributed by atoms with Gasteiger partial charge in [0.2, 0.25) is 0 Å². The summed E-state index contributed by atoms with van der Waals surface area (Å²) in [5.41, 5.74) is 2.29. The number of ether oxygens (including phenoxy) is 1. The Morgan fingerprint density at radius 1 is 1.07 bits per heavy atom.